The lowest BCUT2D eigenvalue weighted by Crippen LogP contribution is -1.87. The molecular formula is C11H10F2O. The summed E-state index contributed by atoms with van der Waals surface area (Å²) in [6, 6.07) is 3.26. The van der Waals surface area contributed by atoms with Crippen LogP contribution in [-0.4, -0.2) is 6.29 Å². The van der Waals surface area contributed by atoms with Crippen LogP contribution in [0.3, 0.4) is 0 Å². The monoisotopic (exact) mass is 196 g/mol. The normalized spacial score (nSPS) is 11.5. The second-order valence-corrected chi connectivity index (χ2v) is 2.86. The topological polar surface area (TPSA) is 17.1 Å². The van der Waals surface area contributed by atoms with Crippen molar-refractivity contribution in [3.8, 4) is 0 Å². The van der Waals surface area contributed by atoms with Crippen molar-refractivity contribution in [2.24, 2.45) is 0 Å². The molecule has 0 saturated carbocycles. The summed E-state index contributed by atoms with van der Waals surface area (Å²) < 4.78 is 25.6. The van der Waals surface area contributed by atoms with E-state index in [4.69, 9.17) is 0 Å². The van der Waals surface area contributed by atoms with Gasteiger partial charge in [-0.2, -0.15) is 0 Å². The number of carbonyl (C=O) groups is 1. The molecule has 0 unspecified atom stereocenters. The van der Waals surface area contributed by atoms with E-state index in [0.717, 1.165) is 12.1 Å². The lowest BCUT2D eigenvalue weighted by molar-refractivity contribution is -0.104. The maximum atomic E-state index is 13.1. The summed E-state index contributed by atoms with van der Waals surface area (Å²) in [4.78, 5) is 10.5. The van der Waals surface area contributed by atoms with Crippen LogP contribution in [0.25, 0.3) is 6.08 Å². The third kappa shape index (κ3) is 2.49. The predicted octanol–water partition coefficient (Wildman–Crippen LogP) is 2.96. The van der Waals surface area contributed by atoms with Gasteiger partial charge < -0.3 is 0 Å². The fourth-order valence-corrected chi connectivity index (χ4v) is 1.04. The Morgan fingerprint density at radius 1 is 1.43 bits per heavy atom. The zero-order valence-electron chi connectivity index (χ0n) is 7.76. The third-order valence-corrected chi connectivity index (χ3v) is 1.86. The van der Waals surface area contributed by atoms with Crippen LogP contribution in [0.15, 0.2) is 23.8 Å². The van der Waals surface area contributed by atoms with Gasteiger partial charge in [-0.15, -0.1) is 0 Å². The van der Waals surface area contributed by atoms with E-state index in [9.17, 15) is 13.6 Å². The SMILES string of the molecule is CCC(C=O)=Cc1ccc(F)cc1F. The summed E-state index contributed by atoms with van der Waals surface area (Å²) in [5.74, 6) is -1.28. The highest BCUT2D eigenvalue weighted by molar-refractivity contribution is 5.81. The van der Waals surface area contributed by atoms with Gasteiger partial charge in [0.15, 0.2) is 0 Å². The lowest BCUT2D eigenvalue weighted by atomic mass is 10.1. The number of rotatable bonds is 3. The molecule has 1 aromatic carbocycles. The smallest absolute Gasteiger partial charge is 0.146 e. The summed E-state index contributed by atoms with van der Waals surface area (Å²) in [5.41, 5.74) is 0.714. The summed E-state index contributed by atoms with van der Waals surface area (Å²) in [5, 5.41) is 0. The van der Waals surface area contributed by atoms with Crippen molar-refractivity contribution >= 4 is 12.4 Å². The molecule has 1 nitrogen and oxygen atoms in total. The van der Waals surface area contributed by atoms with Gasteiger partial charge in [-0.1, -0.05) is 6.92 Å². The Hall–Kier alpha value is -1.51. The van der Waals surface area contributed by atoms with E-state index < -0.39 is 11.6 Å². The maximum Gasteiger partial charge on any atom is 0.146 e. The van der Waals surface area contributed by atoms with Gasteiger partial charge in [0.05, 0.1) is 0 Å². The molecule has 0 aliphatic carbocycles. The second kappa shape index (κ2) is 4.65. The van der Waals surface area contributed by atoms with E-state index in [1.165, 1.54) is 12.1 Å². The Labute approximate surface area is 81.1 Å². The molecule has 1 rings (SSSR count). The zero-order chi connectivity index (χ0) is 10.6. The Bertz CT molecular complexity index is 370. The van der Waals surface area contributed by atoms with Crippen LogP contribution in [0.5, 0.6) is 0 Å². The van der Waals surface area contributed by atoms with E-state index >= 15 is 0 Å². The molecule has 0 radical (unpaired) electrons. The van der Waals surface area contributed by atoms with Crippen molar-refractivity contribution in [2.45, 2.75) is 13.3 Å². The van der Waals surface area contributed by atoms with Gasteiger partial charge in [-0.05, 0) is 30.2 Å². The Kier molecular flexibility index (Phi) is 3.51. The van der Waals surface area contributed by atoms with E-state index in [1.54, 1.807) is 6.92 Å². The molecule has 0 N–H and O–H groups in total. The molecule has 1 aromatic rings. The molecule has 74 valence electrons. The Balaban J connectivity index is 3.08. The number of allylic oxidation sites excluding steroid dienone is 1. The molecule has 0 aromatic heterocycles. The Morgan fingerprint density at radius 3 is 2.64 bits per heavy atom. The number of hydrogen-bond acceptors (Lipinski definition) is 1. The van der Waals surface area contributed by atoms with Gasteiger partial charge >= 0.3 is 0 Å². The van der Waals surface area contributed by atoms with Crippen LogP contribution in [0.4, 0.5) is 8.78 Å². The van der Waals surface area contributed by atoms with E-state index in [-0.39, 0.29) is 5.56 Å². The summed E-state index contributed by atoms with van der Waals surface area (Å²) in [7, 11) is 0. The van der Waals surface area contributed by atoms with Crippen molar-refractivity contribution in [1.82, 2.24) is 0 Å². The first-order valence-corrected chi connectivity index (χ1v) is 4.28. The second-order valence-electron chi connectivity index (χ2n) is 2.86. The molecule has 0 atom stereocenters. The van der Waals surface area contributed by atoms with E-state index in [0.29, 0.717) is 18.3 Å². The molecular weight excluding hydrogens is 186 g/mol. The van der Waals surface area contributed by atoms with Crippen LogP contribution < -0.4 is 0 Å². The van der Waals surface area contributed by atoms with Gasteiger partial charge in [-0.3, -0.25) is 4.79 Å². The number of halogens is 2. The van der Waals surface area contributed by atoms with Crippen molar-refractivity contribution in [2.75, 3.05) is 0 Å². The summed E-state index contributed by atoms with van der Waals surface area (Å²) in [6.07, 6.45) is 2.62. The zero-order valence-corrected chi connectivity index (χ0v) is 7.76. The minimum Gasteiger partial charge on any atom is -0.298 e. The van der Waals surface area contributed by atoms with Crippen LogP contribution in [0.2, 0.25) is 0 Å². The fourth-order valence-electron chi connectivity index (χ4n) is 1.04. The average molecular weight is 196 g/mol. The van der Waals surface area contributed by atoms with Crippen LogP contribution in [0, 0.1) is 11.6 Å². The van der Waals surface area contributed by atoms with E-state index in [1.807, 2.05) is 0 Å². The van der Waals surface area contributed by atoms with Gasteiger partial charge in [-0.25, -0.2) is 8.78 Å². The number of benzene rings is 1. The third-order valence-electron chi connectivity index (χ3n) is 1.86. The average Bonchev–Trinajstić information content (AvgIpc) is 2.17. The molecule has 0 amide bonds. The Morgan fingerprint density at radius 2 is 2.14 bits per heavy atom. The molecule has 0 aliphatic heterocycles. The highest BCUT2D eigenvalue weighted by Crippen LogP contribution is 2.13. The number of carbonyl (C=O) groups excluding carboxylic acids is 1. The van der Waals surface area contributed by atoms with Crippen molar-refractivity contribution < 1.29 is 13.6 Å². The largest absolute Gasteiger partial charge is 0.298 e. The molecule has 0 bridgehead atoms. The predicted molar refractivity (Wildman–Crippen MR) is 50.7 cm³/mol. The van der Waals surface area contributed by atoms with Crippen molar-refractivity contribution in [1.29, 1.82) is 0 Å². The van der Waals surface area contributed by atoms with Crippen molar-refractivity contribution in [3.05, 3.63) is 41.0 Å². The van der Waals surface area contributed by atoms with Crippen LogP contribution >= 0.6 is 0 Å². The minimum absolute atomic E-state index is 0.232. The number of aldehydes is 1. The van der Waals surface area contributed by atoms with Gasteiger partial charge in [0.2, 0.25) is 0 Å². The summed E-state index contributed by atoms with van der Waals surface area (Å²) >= 11 is 0. The first-order chi connectivity index (χ1) is 6.67. The molecule has 14 heavy (non-hydrogen) atoms. The first-order valence-electron chi connectivity index (χ1n) is 4.28. The first kappa shape index (κ1) is 10.6. The van der Waals surface area contributed by atoms with Gasteiger partial charge in [0.25, 0.3) is 0 Å². The van der Waals surface area contributed by atoms with Gasteiger partial charge in [0, 0.05) is 11.6 Å². The van der Waals surface area contributed by atoms with Crippen LogP contribution in [-0.2, 0) is 4.79 Å². The lowest BCUT2D eigenvalue weighted by Gasteiger charge is -1.98. The molecule has 0 aliphatic rings. The van der Waals surface area contributed by atoms with Crippen molar-refractivity contribution in [3.63, 3.8) is 0 Å². The minimum atomic E-state index is -0.655. The fraction of sp³-hybridized carbons (Fsp3) is 0.182. The summed E-state index contributed by atoms with van der Waals surface area (Å²) in [6.45, 7) is 1.79. The van der Waals surface area contributed by atoms with Crippen LogP contribution in [0.1, 0.15) is 18.9 Å². The highest BCUT2D eigenvalue weighted by atomic mass is 19.1. The molecule has 0 spiro atoms. The maximum absolute atomic E-state index is 13.1. The standard InChI is InChI=1S/C11H10F2O/c1-2-8(7-14)5-9-3-4-10(12)6-11(9)13/h3-7H,2H2,1H3. The van der Waals surface area contributed by atoms with Gasteiger partial charge in [0.1, 0.15) is 17.9 Å². The number of hydrogen-bond donors (Lipinski definition) is 0. The van der Waals surface area contributed by atoms with E-state index in [2.05, 4.69) is 0 Å². The quantitative estimate of drug-likeness (QED) is 0.536. The molecule has 0 saturated heterocycles. The highest BCUT2D eigenvalue weighted by Gasteiger charge is 2.01. The molecule has 0 fully saturated rings. The molecule has 3 heteroatoms. The molecule has 0 heterocycles.